The van der Waals surface area contributed by atoms with E-state index in [1.807, 2.05) is 35.0 Å². The van der Waals surface area contributed by atoms with E-state index in [0.717, 1.165) is 16.5 Å². The minimum absolute atomic E-state index is 0.123. The maximum Gasteiger partial charge on any atom is 0.325 e. The molecule has 7 heteroatoms. The molecular weight excluding hydrogens is 320 g/mol. The van der Waals surface area contributed by atoms with Gasteiger partial charge in [-0.2, -0.15) is 0 Å². The summed E-state index contributed by atoms with van der Waals surface area (Å²) in [5, 5.41) is 3.55. The molecule has 112 valence electrons. The topological polar surface area (TPSA) is 60.3 Å². The molecule has 0 spiro atoms. The number of nitrogens with one attached hydrogen (secondary N) is 1. The van der Waals surface area contributed by atoms with Crippen molar-refractivity contribution in [1.82, 2.24) is 9.88 Å². The molecule has 0 radical (unpaired) electrons. The SMILES string of the molecule is COC(=O)Cn1cc(/C=C2/SC(=S)NC2=O)c2ccccc21. The fourth-order valence-electron chi connectivity index (χ4n) is 2.29. The first-order chi connectivity index (χ1) is 10.6. The standard InChI is InChI=1S/C15H12N2O3S2/c1-20-13(18)8-17-7-9(10-4-2-3-5-11(10)17)6-12-14(19)16-15(21)22-12/h2-7H,8H2,1H3,(H,16,19,21)/b12-6+. The third-order valence-corrected chi connectivity index (χ3v) is 4.44. The van der Waals surface area contributed by atoms with Crippen LogP contribution < -0.4 is 5.32 Å². The number of carbonyl (C=O) groups excluding carboxylic acids is 2. The average molecular weight is 332 g/mol. The number of hydrogen-bond donors (Lipinski definition) is 1. The van der Waals surface area contributed by atoms with Gasteiger partial charge in [0.15, 0.2) is 0 Å². The molecule has 5 nitrogen and oxygen atoms in total. The first-order valence-corrected chi connectivity index (χ1v) is 7.70. The van der Waals surface area contributed by atoms with Crippen molar-refractivity contribution >= 4 is 57.2 Å². The smallest absolute Gasteiger partial charge is 0.325 e. The maximum atomic E-state index is 11.8. The normalized spacial score (nSPS) is 16.3. The van der Waals surface area contributed by atoms with E-state index in [-0.39, 0.29) is 18.4 Å². The third-order valence-electron chi connectivity index (χ3n) is 3.28. The van der Waals surface area contributed by atoms with Gasteiger partial charge in [-0.1, -0.05) is 42.2 Å². The van der Waals surface area contributed by atoms with E-state index in [2.05, 4.69) is 5.32 Å². The fourth-order valence-corrected chi connectivity index (χ4v) is 3.32. The zero-order valence-corrected chi connectivity index (χ0v) is 13.3. The molecule has 1 saturated heterocycles. The number of ether oxygens (including phenoxy) is 1. The number of thiocarbonyl (C=S) groups is 1. The summed E-state index contributed by atoms with van der Waals surface area (Å²) in [6, 6.07) is 7.69. The largest absolute Gasteiger partial charge is 0.468 e. The quantitative estimate of drug-likeness (QED) is 0.531. The van der Waals surface area contributed by atoms with Crippen molar-refractivity contribution in [3.63, 3.8) is 0 Å². The summed E-state index contributed by atoms with van der Waals surface area (Å²) >= 11 is 6.22. The van der Waals surface area contributed by atoms with Crippen LogP contribution in [0.15, 0.2) is 35.4 Å². The van der Waals surface area contributed by atoms with Crippen molar-refractivity contribution < 1.29 is 14.3 Å². The Kier molecular flexibility index (Phi) is 4.00. The summed E-state index contributed by atoms with van der Waals surface area (Å²) in [6.07, 6.45) is 3.62. The highest BCUT2D eigenvalue weighted by Gasteiger charge is 2.22. The Hall–Kier alpha value is -2.12. The van der Waals surface area contributed by atoms with Crippen molar-refractivity contribution in [2.24, 2.45) is 0 Å². The van der Waals surface area contributed by atoms with Crippen molar-refractivity contribution in [1.29, 1.82) is 0 Å². The summed E-state index contributed by atoms with van der Waals surface area (Å²) in [5.41, 5.74) is 1.77. The van der Waals surface area contributed by atoms with Crippen LogP contribution in [0.2, 0.25) is 0 Å². The molecule has 0 atom stereocenters. The summed E-state index contributed by atoms with van der Waals surface area (Å²) in [5.74, 6) is -0.520. The van der Waals surface area contributed by atoms with E-state index >= 15 is 0 Å². The summed E-state index contributed by atoms with van der Waals surface area (Å²) in [6.45, 7) is 0.123. The number of esters is 1. The van der Waals surface area contributed by atoms with E-state index in [0.29, 0.717) is 9.23 Å². The Morgan fingerprint density at radius 1 is 1.45 bits per heavy atom. The van der Waals surface area contributed by atoms with Gasteiger partial charge in [0.25, 0.3) is 5.91 Å². The zero-order valence-electron chi connectivity index (χ0n) is 11.7. The average Bonchev–Trinajstić information content (AvgIpc) is 3.00. The van der Waals surface area contributed by atoms with Gasteiger partial charge in [-0.3, -0.25) is 9.59 Å². The summed E-state index contributed by atoms with van der Waals surface area (Å²) in [4.78, 5) is 23.9. The van der Waals surface area contributed by atoms with Crippen LogP contribution in [0.3, 0.4) is 0 Å². The monoisotopic (exact) mass is 332 g/mol. The first-order valence-electron chi connectivity index (χ1n) is 6.48. The van der Waals surface area contributed by atoms with E-state index in [4.69, 9.17) is 17.0 Å². The highest BCUT2D eigenvalue weighted by molar-refractivity contribution is 8.26. The molecule has 1 aliphatic heterocycles. The van der Waals surface area contributed by atoms with Crippen LogP contribution in [0, 0.1) is 0 Å². The molecule has 0 aliphatic carbocycles. The minimum Gasteiger partial charge on any atom is -0.468 e. The molecule has 2 aromatic rings. The van der Waals surface area contributed by atoms with Crippen LogP contribution in [-0.2, 0) is 20.9 Å². The maximum absolute atomic E-state index is 11.8. The third kappa shape index (κ3) is 2.77. The van der Waals surface area contributed by atoms with Crippen molar-refractivity contribution in [3.8, 4) is 0 Å². The van der Waals surface area contributed by atoms with Gasteiger partial charge in [-0.05, 0) is 12.1 Å². The number of fused-ring (bicyclic) bond motifs is 1. The number of methoxy groups -OCH3 is 1. The number of aromatic nitrogens is 1. The van der Waals surface area contributed by atoms with Crippen LogP contribution in [0.1, 0.15) is 5.56 Å². The number of rotatable bonds is 3. The Morgan fingerprint density at radius 3 is 2.91 bits per heavy atom. The number of amides is 1. The second-order valence-electron chi connectivity index (χ2n) is 4.66. The molecule has 0 bridgehead atoms. The Bertz CT molecular complexity index is 823. The number of carbonyl (C=O) groups is 2. The molecule has 1 aliphatic rings. The number of para-hydroxylation sites is 1. The van der Waals surface area contributed by atoms with E-state index in [1.165, 1.54) is 18.9 Å². The molecule has 0 unspecified atom stereocenters. The predicted molar refractivity (Wildman–Crippen MR) is 90.3 cm³/mol. The highest BCUT2D eigenvalue weighted by Crippen LogP contribution is 2.29. The Labute approximate surface area is 136 Å². The van der Waals surface area contributed by atoms with Crippen molar-refractivity contribution in [2.75, 3.05) is 7.11 Å². The molecular formula is C15H12N2O3S2. The molecule has 1 fully saturated rings. The van der Waals surface area contributed by atoms with Gasteiger partial charge in [0.2, 0.25) is 0 Å². The summed E-state index contributed by atoms with van der Waals surface area (Å²) < 4.78 is 6.98. The van der Waals surface area contributed by atoms with Gasteiger partial charge < -0.3 is 14.6 Å². The van der Waals surface area contributed by atoms with Gasteiger partial charge in [0.1, 0.15) is 10.9 Å². The van der Waals surface area contributed by atoms with Crippen LogP contribution in [0.5, 0.6) is 0 Å². The predicted octanol–water partition coefficient (Wildman–Crippen LogP) is 2.30. The van der Waals surface area contributed by atoms with E-state index < -0.39 is 0 Å². The second kappa shape index (κ2) is 5.94. The highest BCUT2D eigenvalue weighted by atomic mass is 32.2. The molecule has 1 N–H and O–H groups in total. The van der Waals surface area contributed by atoms with Crippen LogP contribution in [-0.4, -0.2) is 27.9 Å². The Balaban J connectivity index is 2.07. The molecule has 2 heterocycles. The molecule has 22 heavy (non-hydrogen) atoms. The van der Waals surface area contributed by atoms with Gasteiger partial charge in [0.05, 0.1) is 12.0 Å². The van der Waals surface area contributed by atoms with Crippen LogP contribution in [0.4, 0.5) is 0 Å². The van der Waals surface area contributed by atoms with Gasteiger partial charge in [0, 0.05) is 22.7 Å². The summed E-state index contributed by atoms with van der Waals surface area (Å²) in [7, 11) is 1.36. The lowest BCUT2D eigenvalue weighted by Crippen LogP contribution is -2.17. The molecule has 1 aromatic heterocycles. The van der Waals surface area contributed by atoms with Crippen LogP contribution >= 0.6 is 24.0 Å². The van der Waals surface area contributed by atoms with E-state index in [9.17, 15) is 9.59 Å². The number of benzene rings is 1. The number of nitrogens with zero attached hydrogens (tertiary/aromatic N) is 1. The van der Waals surface area contributed by atoms with Crippen molar-refractivity contribution in [2.45, 2.75) is 6.54 Å². The van der Waals surface area contributed by atoms with E-state index in [1.54, 1.807) is 6.08 Å². The number of hydrogen-bond acceptors (Lipinski definition) is 5. The molecule has 3 rings (SSSR count). The number of thioether (sulfide) groups is 1. The van der Waals surface area contributed by atoms with Crippen molar-refractivity contribution in [3.05, 3.63) is 40.9 Å². The second-order valence-corrected chi connectivity index (χ2v) is 6.38. The lowest BCUT2D eigenvalue weighted by molar-refractivity contribution is -0.141. The fraction of sp³-hybridized carbons (Fsp3) is 0.133. The Morgan fingerprint density at radius 2 is 2.23 bits per heavy atom. The van der Waals surface area contributed by atoms with Crippen LogP contribution in [0.25, 0.3) is 17.0 Å². The molecule has 0 saturated carbocycles. The lowest BCUT2D eigenvalue weighted by atomic mass is 10.1. The zero-order chi connectivity index (χ0) is 15.7. The lowest BCUT2D eigenvalue weighted by Gasteiger charge is -2.02. The first kappa shape index (κ1) is 14.8. The molecule has 1 amide bonds. The van der Waals surface area contributed by atoms with Gasteiger partial charge >= 0.3 is 5.97 Å². The van der Waals surface area contributed by atoms with Gasteiger partial charge in [-0.25, -0.2) is 0 Å². The van der Waals surface area contributed by atoms with Gasteiger partial charge in [-0.15, -0.1) is 0 Å². The molecule has 1 aromatic carbocycles. The minimum atomic E-state index is -0.325.